The van der Waals surface area contributed by atoms with Gasteiger partial charge in [0.05, 0.1) is 16.6 Å². The van der Waals surface area contributed by atoms with E-state index in [4.69, 9.17) is 0 Å². The number of nitrogens with zero attached hydrogens (tertiary/aromatic N) is 1. The van der Waals surface area contributed by atoms with Gasteiger partial charge >= 0.3 is 0 Å². The molecule has 2 aromatic rings. The first-order chi connectivity index (χ1) is 10.3. The number of carbonyl (C=O) groups is 3. The van der Waals surface area contributed by atoms with Gasteiger partial charge in [-0.15, -0.1) is 0 Å². The largest absolute Gasteiger partial charge is 0.326 e. The molecule has 0 fully saturated rings. The molecule has 116 valence electrons. The van der Waals surface area contributed by atoms with Gasteiger partial charge < -0.3 is 10.6 Å². The molecule has 7 heteroatoms. The topological polar surface area (TPSA) is 88.2 Å². The molecule has 0 saturated carbocycles. The summed E-state index contributed by atoms with van der Waals surface area (Å²) in [7, 11) is 0. The van der Waals surface area contributed by atoms with Crippen LogP contribution in [-0.4, -0.2) is 22.6 Å². The highest BCUT2D eigenvalue weighted by atomic mass is 32.1. The molecule has 0 aliphatic heterocycles. The van der Waals surface area contributed by atoms with E-state index in [1.807, 2.05) is 19.9 Å². The molecule has 2 amide bonds. The van der Waals surface area contributed by atoms with Crippen LogP contribution < -0.4 is 10.6 Å². The Kier molecular flexibility index (Phi) is 4.87. The Hall–Kier alpha value is -2.28. The van der Waals surface area contributed by atoms with Crippen molar-refractivity contribution in [2.75, 3.05) is 10.6 Å². The summed E-state index contributed by atoms with van der Waals surface area (Å²) in [6, 6.07) is 5.36. The second-order valence-corrected chi connectivity index (χ2v) is 6.30. The quantitative estimate of drug-likeness (QED) is 0.829. The lowest BCUT2D eigenvalue weighted by atomic mass is 10.2. The Labute approximate surface area is 131 Å². The Morgan fingerprint density at radius 3 is 2.59 bits per heavy atom. The zero-order chi connectivity index (χ0) is 16.3. The number of thiazole rings is 1. The number of hydrogen-bond acceptors (Lipinski definition) is 5. The highest BCUT2D eigenvalue weighted by molar-refractivity contribution is 7.22. The van der Waals surface area contributed by atoms with Crippen LogP contribution in [0.1, 0.15) is 27.2 Å². The molecule has 0 unspecified atom stereocenters. The lowest BCUT2D eigenvalue weighted by Crippen LogP contribution is -2.17. The van der Waals surface area contributed by atoms with Crippen molar-refractivity contribution in [3.8, 4) is 0 Å². The number of amides is 2. The number of carbonyl (C=O) groups excluding carboxylic acids is 3. The fraction of sp³-hybridized carbons (Fsp3) is 0.333. The minimum absolute atomic E-state index is 0.0566. The molecule has 0 bridgehead atoms. The molecule has 0 aliphatic rings. The second-order valence-electron chi connectivity index (χ2n) is 5.27. The van der Waals surface area contributed by atoms with E-state index < -0.39 is 0 Å². The van der Waals surface area contributed by atoms with Gasteiger partial charge in [0.15, 0.2) is 5.13 Å². The Morgan fingerprint density at radius 1 is 1.23 bits per heavy atom. The van der Waals surface area contributed by atoms with Crippen molar-refractivity contribution in [3.63, 3.8) is 0 Å². The summed E-state index contributed by atoms with van der Waals surface area (Å²) in [5, 5.41) is 5.86. The average molecular weight is 319 g/mol. The third-order valence-electron chi connectivity index (χ3n) is 2.84. The van der Waals surface area contributed by atoms with Gasteiger partial charge in [0.1, 0.15) is 5.78 Å². The van der Waals surface area contributed by atoms with Gasteiger partial charge in [-0.3, -0.25) is 14.4 Å². The SMILES string of the molecule is CC(=O)CC(=O)Nc1nc2ccc(NC(=O)C(C)C)cc2s1. The number of nitrogens with one attached hydrogen (secondary N) is 2. The fourth-order valence-corrected chi connectivity index (χ4v) is 2.65. The van der Waals surface area contributed by atoms with Gasteiger partial charge in [0, 0.05) is 11.6 Å². The number of ketones is 1. The van der Waals surface area contributed by atoms with Crippen molar-refractivity contribution < 1.29 is 14.4 Å². The van der Waals surface area contributed by atoms with Gasteiger partial charge in [0.2, 0.25) is 11.8 Å². The van der Waals surface area contributed by atoms with Gasteiger partial charge in [-0.1, -0.05) is 25.2 Å². The molecule has 22 heavy (non-hydrogen) atoms. The van der Waals surface area contributed by atoms with Crippen LogP contribution in [0.25, 0.3) is 10.2 Å². The summed E-state index contributed by atoms with van der Waals surface area (Å²) in [4.78, 5) is 38.4. The van der Waals surface area contributed by atoms with E-state index in [0.717, 1.165) is 10.2 Å². The summed E-state index contributed by atoms with van der Waals surface area (Å²) in [6.45, 7) is 5.01. The lowest BCUT2D eigenvalue weighted by Gasteiger charge is -2.06. The summed E-state index contributed by atoms with van der Waals surface area (Å²) < 4.78 is 0.847. The van der Waals surface area contributed by atoms with E-state index in [1.54, 1.807) is 12.1 Å². The molecule has 1 aromatic carbocycles. The first-order valence-corrected chi connectivity index (χ1v) is 7.67. The minimum Gasteiger partial charge on any atom is -0.326 e. The van der Waals surface area contributed by atoms with E-state index in [1.165, 1.54) is 18.3 Å². The number of anilines is 2. The van der Waals surface area contributed by atoms with Crippen molar-refractivity contribution in [1.82, 2.24) is 4.98 Å². The Balaban J connectivity index is 2.15. The van der Waals surface area contributed by atoms with E-state index in [0.29, 0.717) is 10.8 Å². The molecule has 0 atom stereocenters. The normalized spacial score (nSPS) is 10.7. The van der Waals surface area contributed by atoms with Gasteiger partial charge in [-0.05, 0) is 25.1 Å². The van der Waals surface area contributed by atoms with Crippen molar-refractivity contribution in [2.45, 2.75) is 27.2 Å². The number of Topliss-reactive ketones (excluding diaryl/α,β-unsaturated/α-hetero) is 1. The molecule has 0 aliphatic carbocycles. The van der Waals surface area contributed by atoms with E-state index >= 15 is 0 Å². The summed E-state index contributed by atoms with van der Waals surface area (Å²) >= 11 is 1.30. The molecular weight excluding hydrogens is 302 g/mol. The summed E-state index contributed by atoms with van der Waals surface area (Å²) in [5.74, 6) is -0.727. The average Bonchev–Trinajstić information content (AvgIpc) is 2.78. The maximum absolute atomic E-state index is 11.7. The number of aromatic nitrogens is 1. The van der Waals surface area contributed by atoms with Crippen LogP contribution >= 0.6 is 11.3 Å². The van der Waals surface area contributed by atoms with Crippen LogP contribution in [0.3, 0.4) is 0 Å². The highest BCUT2D eigenvalue weighted by Gasteiger charge is 2.11. The van der Waals surface area contributed by atoms with E-state index in [-0.39, 0.29) is 29.9 Å². The Morgan fingerprint density at radius 2 is 1.95 bits per heavy atom. The van der Waals surface area contributed by atoms with Crippen LogP contribution in [0.4, 0.5) is 10.8 Å². The predicted octanol–water partition coefficient (Wildman–Crippen LogP) is 2.81. The molecule has 1 heterocycles. The lowest BCUT2D eigenvalue weighted by molar-refractivity contribution is -0.124. The molecule has 0 spiro atoms. The molecule has 2 N–H and O–H groups in total. The van der Waals surface area contributed by atoms with Crippen LogP contribution in [0.5, 0.6) is 0 Å². The van der Waals surface area contributed by atoms with Gasteiger partial charge in [-0.25, -0.2) is 4.98 Å². The zero-order valence-corrected chi connectivity index (χ0v) is 13.4. The number of fused-ring (bicyclic) bond motifs is 1. The number of rotatable bonds is 5. The number of benzene rings is 1. The Bertz CT molecular complexity index is 737. The van der Waals surface area contributed by atoms with Gasteiger partial charge in [-0.2, -0.15) is 0 Å². The predicted molar refractivity (Wildman–Crippen MR) is 87.0 cm³/mol. The van der Waals surface area contributed by atoms with E-state index in [9.17, 15) is 14.4 Å². The van der Waals surface area contributed by atoms with Crippen molar-refractivity contribution in [3.05, 3.63) is 18.2 Å². The maximum atomic E-state index is 11.7. The second kappa shape index (κ2) is 6.65. The first-order valence-electron chi connectivity index (χ1n) is 6.86. The standard InChI is InChI=1S/C15H17N3O3S/c1-8(2)14(21)16-10-4-5-11-12(7-10)22-15(17-11)18-13(20)6-9(3)19/h4-5,7-8H,6H2,1-3H3,(H,16,21)(H,17,18,20). The van der Waals surface area contributed by atoms with Crippen LogP contribution in [-0.2, 0) is 14.4 Å². The van der Waals surface area contributed by atoms with Crippen LogP contribution in [0.2, 0.25) is 0 Å². The fourth-order valence-electron chi connectivity index (χ4n) is 1.73. The van der Waals surface area contributed by atoms with Crippen molar-refractivity contribution in [2.24, 2.45) is 5.92 Å². The molecule has 0 radical (unpaired) electrons. The van der Waals surface area contributed by atoms with Crippen molar-refractivity contribution in [1.29, 1.82) is 0 Å². The molecule has 0 saturated heterocycles. The van der Waals surface area contributed by atoms with Crippen molar-refractivity contribution >= 4 is 50.0 Å². The van der Waals surface area contributed by atoms with Crippen LogP contribution in [0, 0.1) is 5.92 Å². The van der Waals surface area contributed by atoms with E-state index in [2.05, 4.69) is 15.6 Å². The highest BCUT2D eigenvalue weighted by Crippen LogP contribution is 2.28. The smallest absolute Gasteiger partial charge is 0.233 e. The third-order valence-corrected chi connectivity index (χ3v) is 3.77. The van der Waals surface area contributed by atoms with Gasteiger partial charge in [0.25, 0.3) is 0 Å². The van der Waals surface area contributed by atoms with Crippen LogP contribution in [0.15, 0.2) is 18.2 Å². The molecule has 6 nitrogen and oxygen atoms in total. The third kappa shape index (κ3) is 4.11. The molecular formula is C15H17N3O3S. The molecule has 1 aromatic heterocycles. The number of hydrogen-bond donors (Lipinski definition) is 2. The maximum Gasteiger partial charge on any atom is 0.233 e. The first kappa shape index (κ1) is 16.1. The minimum atomic E-state index is -0.375. The zero-order valence-electron chi connectivity index (χ0n) is 12.6. The summed E-state index contributed by atoms with van der Waals surface area (Å²) in [5.41, 5.74) is 1.42. The summed E-state index contributed by atoms with van der Waals surface area (Å²) in [6.07, 6.45) is -0.161. The monoisotopic (exact) mass is 319 g/mol. The molecule has 2 rings (SSSR count).